The van der Waals surface area contributed by atoms with Gasteiger partial charge >= 0.3 is 5.97 Å². The van der Waals surface area contributed by atoms with Gasteiger partial charge in [-0.05, 0) is 44.0 Å². The Kier molecular flexibility index (Phi) is 5.84. The van der Waals surface area contributed by atoms with Crippen LogP contribution in [-0.2, 0) is 16.1 Å². The molecule has 8 heteroatoms. The van der Waals surface area contributed by atoms with Crippen molar-refractivity contribution in [1.29, 1.82) is 0 Å². The van der Waals surface area contributed by atoms with Gasteiger partial charge in [-0.15, -0.1) is 0 Å². The van der Waals surface area contributed by atoms with E-state index >= 15 is 0 Å². The maximum atomic E-state index is 12.4. The average Bonchev–Trinajstić information content (AvgIpc) is 3.12. The summed E-state index contributed by atoms with van der Waals surface area (Å²) in [6.45, 7) is 5.71. The number of anilines is 1. The maximum Gasteiger partial charge on any atom is 0.343 e. The summed E-state index contributed by atoms with van der Waals surface area (Å²) in [6, 6.07) is 4.95. The topological polar surface area (TPSA) is 90.3 Å². The molecule has 148 valence electrons. The lowest BCUT2D eigenvalue weighted by Gasteiger charge is -2.07. The van der Waals surface area contributed by atoms with Gasteiger partial charge < -0.3 is 10.1 Å². The first kappa shape index (κ1) is 20.1. The number of aromatic nitrogens is 2. The molecule has 1 aliphatic heterocycles. The number of carbonyl (C=O) groups is 3. The van der Waals surface area contributed by atoms with Crippen molar-refractivity contribution in [3.63, 3.8) is 0 Å². The Morgan fingerprint density at radius 1 is 1.36 bits per heavy atom. The summed E-state index contributed by atoms with van der Waals surface area (Å²) in [4.78, 5) is 36.6. The minimum Gasteiger partial charge on any atom is -0.454 e. The number of hydrogen-bond donors (Lipinski definition) is 1. The van der Waals surface area contributed by atoms with E-state index in [-0.39, 0.29) is 28.3 Å². The smallest absolute Gasteiger partial charge is 0.343 e. The third-order valence-electron chi connectivity index (χ3n) is 4.82. The van der Waals surface area contributed by atoms with Crippen LogP contribution in [0.5, 0.6) is 0 Å². The monoisotopic (exact) mass is 403 g/mol. The Bertz CT molecular complexity index is 951. The molecule has 2 heterocycles. The van der Waals surface area contributed by atoms with E-state index in [4.69, 9.17) is 16.3 Å². The van der Waals surface area contributed by atoms with Crippen LogP contribution in [0.2, 0.25) is 5.15 Å². The standard InChI is InChI=1S/C20H22ClN3O4/c1-4-5-8-24-18(21)17(12(3)23-24)20(27)28-10-16(25)13-6-7-15-14(9-13)11(2)19(26)22-15/h6-7,9,11H,4-5,8,10H2,1-3H3,(H,22,26)/t11-/m1/s1. The Hall–Kier alpha value is -2.67. The van der Waals surface area contributed by atoms with Crippen LogP contribution < -0.4 is 5.32 Å². The van der Waals surface area contributed by atoms with Crippen molar-refractivity contribution in [3.05, 3.63) is 45.7 Å². The molecule has 1 aromatic carbocycles. The zero-order chi connectivity index (χ0) is 20.4. The second-order valence-electron chi connectivity index (χ2n) is 6.84. The van der Waals surface area contributed by atoms with Crippen molar-refractivity contribution in [1.82, 2.24) is 9.78 Å². The Balaban J connectivity index is 1.68. The fourth-order valence-corrected chi connectivity index (χ4v) is 3.45. The average molecular weight is 404 g/mol. The lowest BCUT2D eigenvalue weighted by atomic mass is 9.99. The highest BCUT2D eigenvalue weighted by atomic mass is 35.5. The van der Waals surface area contributed by atoms with Crippen LogP contribution in [0.1, 0.15) is 64.6 Å². The first-order valence-corrected chi connectivity index (χ1v) is 9.59. The highest BCUT2D eigenvalue weighted by Crippen LogP contribution is 2.32. The number of hydrogen-bond acceptors (Lipinski definition) is 5. The molecule has 1 atom stereocenters. The van der Waals surface area contributed by atoms with E-state index in [1.54, 1.807) is 36.7 Å². The number of ether oxygens (including phenoxy) is 1. The zero-order valence-corrected chi connectivity index (χ0v) is 16.8. The SMILES string of the molecule is CCCCn1nc(C)c(C(=O)OCC(=O)c2ccc3c(c2)[C@@H](C)C(=O)N3)c1Cl. The van der Waals surface area contributed by atoms with E-state index in [0.717, 1.165) is 18.4 Å². The third-order valence-corrected chi connectivity index (χ3v) is 5.20. The van der Waals surface area contributed by atoms with Crippen molar-refractivity contribution in [2.24, 2.45) is 0 Å². The van der Waals surface area contributed by atoms with E-state index in [0.29, 0.717) is 23.5 Å². The van der Waals surface area contributed by atoms with Gasteiger partial charge in [-0.3, -0.25) is 14.3 Å². The van der Waals surface area contributed by atoms with E-state index in [1.165, 1.54) is 0 Å². The Morgan fingerprint density at radius 3 is 2.82 bits per heavy atom. The van der Waals surface area contributed by atoms with Gasteiger partial charge in [-0.2, -0.15) is 5.10 Å². The van der Waals surface area contributed by atoms with E-state index < -0.39 is 12.6 Å². The van der Waals surface area contributed by atoms with Crippen molar-refractivity contribution < 1.29 is 19.1 Å². The van der Waals surface area contributed by atoms with Gasteiger partial charge in [0.2, 0.25) is 5.91 Å². The number of nitrogens with one attached hydrogen (secondary N) is 1. The molecule has 1 N–H and O–H groups in total. The number of unbranched alkanes of at least 4 members (excludes halogenated alkanes) is 1. The Labute approximate surface area is 168 Å². The van der Waals surface area contributed by atoms with E-state index in [1.807, 2.05) is 0 Å². The molecule has 1 amide bonds. The van der Waals surface area contributed by atoms with Crippen LogP contribution in [-0.4, -0.2) is 34.0 Å². The zero-order valence-electron chi connectivity index (χ0n) is 16.0. The number of carbonyl (C=O) groups excluding carboxylic acids is 3. The molecule has 3 rings (SSSR count). The van der Waals surface area contributed by atoms with Gasteiger partial charge in [0, 0.05) is 17.8 Å². The maximum absolute atomic E-state index is 12.4. The van der Waals surface area contributed by atoms with Crippen molar-refractivity contribution >= 4 is 34.9 Å². The van der Waals surface area contributed by atoms with Gasteiger partial charge in [-0.25, -0.2) is 4.79 Å². The van der Waals surface area contributed by atoms with Gasteiger partial charge in [0.05, 0.1) is 11.6 Å². The summed E-state index contributed by atoms with van der Waals surface area (Å²) in [5.41, 5.74) is 2.50. The fraction of sp³-hybridized carbons (Fsp3) is 0.400. The number of benzene rings is 1. The molecule has 0 unspecified atom stereocenters. The number of fused-ring (bicyclic) bond motifs is 1. The van der Waals surface area contributed by atoms with E-state index in [2.05, 4.69) is 17.3 Å². The molecule has 1 aromatic heterocycles. The highest BCUT2D eigenvalue weighted by Gasteiger charge is 2.28. The fourth-order valence-electron chi connectivity index (χ4n) is 3.12. The lowest BCUT2D eigenvalue weighted by molar-refractivity contribution is -0.116. The molecular weight excluding hydrogens is 382 g/mol. The van der Waals surface area contributed by atoms with Gasteiger partial charge in [0.1, 0.15) is 10.7 Å². The third kappa shape index (κ3) is 3.80. The summed E-state index contributed by atoms with van der Waals surface area (Å²) in [5.74, 6) is -1.45. The molecule has 0 radical (unpaired) electrons. The first-order valence-electron chi connectivity index (χ1n) is 9.21. The minimum absolute atomic E-state index is 0.101. The van der Waals surface area contributed by atoms with Crippen LogP contribution in [0.4, 0.5) is 5.69 Å². The molecule has 28 heavy (non-hydrogen) atoms. The normalized spacial score (nSPS) is 15.3. The number of esters is 1. The largest absolute Gasteiger partial charge is 0.454 e. The summed E-state index contributed by atoms with van der Waals surface area (Å²) in [7, 11) is 0. The summed E-state index contributed by atoms with van der Waals surface area (Å²) >= 11 is 6.26. The number of Topliss-reactive ketones (excluding diaryl/α,β-unsaturated/α-hetero) is 1. The van der Waals surface area contributed by atoms with Crippen LogP contribution in [0, 0.1) is 6.92 Å². The number of ketones is 1. The highest BCUT2D eigenvalue weighted by molar-refractivity contribution is 6.32. The number of rotatable bonds is 7. The second kappa shape index (κ2) is 8.14. The van der Waals surface area contributed by atoms with Gasteiger partial charge in [0.15, 0.2) is 12.4 Å². The molecule has 0 saturated heterocycles. The summed E-state index contributed by atoms with van der Waals surface area (Å²) in [5, 5.41) is 7.25. The minimum atomic E-state index is -0.676. The summed E-state index contributed by atoms with van der Waals surface area (Å²) in [6.07, 6.45) is 1.87. The summed E-state index contributed by atoms with van der Waals surface area (Å²) < 4.78 is 6.76. The first-order chi connectivity index (χ1) is 13.3. The van der Waals surface area contributed by atoms with E-state index in [9.17, 15) is 14.4 Å². The number of halogens is 1. The number of aryl methyl sites for hydroxylation is 2. The molecule has 0 aliphatic carbocycles. The van der Waals surface area contributed by atoms with Crippen LogP contribution >= 0.6 is 11.6 Å². The second-order valence-corrected chi connectivity index (χ2v) is 7.20. The van der Waals surface area contributed by atoms with Crippen molar-refractivity contribution in [2.45, 2.75) is 46.1 Å². The van der Waals surface area contributed by atoms with Crippen molar-refractivity contribution in [2.75, 3.05) is 11.9 Å². The number of nitrogens with zero attached hydrogens (tertiary/aromatic N) is 2. The van der Waals surface area contributed by atoms with Crippen LogP contribution in [0.15, 0.2) is 18.2 Å². The van der Waals surface area contributed by atoms with Gasteiger partial charge in [0.25, 0.3) is 0 Å². The van der Waals surface area contributed by atoms with Gasteiger partial charge in [-0.1, -0.05) is 24.9 Å². The molecule has 0 fully saturated rings. The Morgan fingerprint density at radius 2 is 2.11 bits per heavy atom. The predicted octanol–water partition coefficient (Wildman–Crippen LogP) is 3.74. The lowest BCUT2D eigenvalue weighted by Crippen LogP contribution is -2.15. The predicted molar refractivity (Wildman–Crippen MR) is 105 cm³/mol. The number of amides is 1. The quantitative estimate of drug-likeness (QED) is 0.561. The molecule has 2 aromatic rings. The molecule has 0 spiro atoms. The molecule has 1 aliphatic rings. The van der Waals surface area contributed by atoms with Crippen LogP contribution in [0.3, 0.4) is 0 Å². The molecule has 7 nitrogen and oxygen atoms in total. The molecular formula is C20H22ClN3O4. The van der Waals surface area contributed by atoms with Crippen LogP contribution in [0.25, 0.3) is 0 Å². The molecule has 0 bridgehead atoms. The van der Waals surface area contributed by atoms with Crippen molar-refractivity contribution in [3.8, 4) is 0 Å². The molecule has 0 saturated carbocycles.